The second kappa shape index (κ2) is 8.72. The zero-order valence-corrected chi connectivity index (χ0v) is 15.0. The van der Waals surface area contributed by atoms with Gasteiger partial charge in [0.15, 0.2) is 0 Å². The van der Waals surface area contributed by atoms with Crippen LogP contribution in [0.5, 0.6) is 0 Å². The molecule has 1 amide bonds. The Balaban J connectivity index is 2.44. The van der Waals surface area contributed by atoms with Crippen molar-refractivity contribution in [1.82, 2.24) is 14.9 Å². The fraction of sp³-hybridized carbons (Fsp3) is 0.500. The van der Waals surface area contributed by atoms with Gasteiger partial charge in [-0.25, -0.2) is 9.78 Å². The molecule has 0 aliphatic carbocycles. The summed E-state index contributed by atoms with van der Waals surface area (Å²) >= 11 is 1.10. The number of unbranched alkanes of at least 4 members (excludes halogenated alkanes) is 1. The van der Waals surface area contributed by atoms with Gasteiger partial charge in [-0.15, -0.1) is 11.3 Å². The summed E-state index contributed by atoms with van der Waals surface area (Å²) in [5.74, 6) is -1.08. The molecule has 25 heavy (non-hydrogen) atoms. The summed E-state index contributed by atoms with van der Waals surface area (Å²) in [4.78, 5) is 41.0. The van der Waals surface area contributed by atoms with Gasteiger partial charge in [0.2, 0.25) is 5.91 Å². The highest BCUT2D eigenvalue weighted by atomic mass is 32.1. The number of nitrogens with one attached hydrogen (secondary N) is 1. The van der Waals surface area contributed by atoms with Gasteiger partial charge in [-0.05, 0) is 6.42 Å². The molecular weight excluding hydrogens is 346 g/mol. The number of fused-ring (bicyclic) bond motifs is 1. The predicted octanol–water partition coefficient (Wildman–Crippen LogP) is 1.26. The lowest BCUT2D eigenvalue weighted by Crippen LogP contribution is -2.35. The minimum atomic E-state index is -1.19. The Morgan fingerprint density at radius 1 is 1.44 bits per heavy atom. The van der Waals surface area contributed by atoms with Crippen molar-refractivity contribution in [3.63, 3.8) is 0 Å². The molecule has 0 fully saturated rings. The monoisotopic (exact) mass is 367 g/mol. The number of rotatable bonds is 9. The number of methoxy groups -OCH3 is 1. The molecule has 8 nitrogen and oxygen atoms in total. The van der Waals surface area contributed by atoms with Gasteiger partial charge in [-0.3, -0.25) is 14.2 Å². The predicted molar refractivity (Wildman–Crippen MR) is 94.3 cm³/mol. The van der Waals surface area contributed by atoms with E-state index in [0.717, 1.165) is 24.2 Å². The third-order valence-electron chi connectivity index (χ3n) is 3.69. The van der Waals surface area contributed by atoms with Crippen LogP contribution in [0.25, 0.3) is 10.2 Å². The molecule has 136 valence electrons. The van der Waals surface area contributed by atoms with Crippen molar-refractivity contribution in [3.8, 4) is 0 Å². The van der Waals surface area contributed by atoms with Crippen LogP contribution < -0.4 is 10.9 Å². The lowest BCUT2D eigenvalue weighted by atomic mass is 10.2. The number of thiophene rings is 1. The lowest BCUT2D eigenvalue weighted by Gasteiger charge is -2.12. The molecule has 0 spiro atoms. The minimum Gasteiger partial charge on any atom is -0.478 e. The van der Waals surface area contributed by atoms with E-state index in [1.807, 2.05) is 6.92 Å². The molecule has 0 atom stereocenters. The molecule has 2 N–H and O–H groups in total. The molecule has 2 aromatic heterocycles. The number of carbonyl (C=O) groups is 2. The molecule has 0 aromatic carbocycles. The molecule has 0 aliphatic rings. The largest absolute Gasteiger partial charge is 0.478 e. The summed E-state index contributed by atoms with van der Waals surface area (Å²) in [7, 11) is 1.53. The summed E-state index contributed by atoms with van der Waals surface area (Å²) in [5.41, 5.74) is -0.601. The van der Waals surface area contributed by atoms with E-state index in [4.69, 9.17) is 4.74 Å². The molecule has 0 unspecified atom stereocenters. The van der Waals surface area contributed by atoms with E-state index >= 15 is 0 Å². The quantitative estimate of drug-likeness (QED) is 0.646. The first kappa shape index (κ1) is 19.1. The van der Waals surface area contributed by atoms with Crippen LogP contribution in [0.15, 0.2) is 10.2 Å². The van der Waals surface area contributed by atoms with Crippen molar-refractivity contribution < 1.29 is 19.4 Å². The Morgan fingerprint density at radius 2 is 2.20 bits per heavy atom. The maximum atomic E-state index is 12.8. The summed E-state index contributed by atoms with van der Waals surface area (Å²) in [5, 5.41) is 13.4. The van der Waals surface area contributed by atoms with Gasteiger partial charge in [-0.2, -0.15) is 0 Å². The molecule has 2 heterocycles. The summed E-state index contributed by atoms with van der Waals surface area (Å²) in [6.07, 6.45) is 2.15. The number of hydrogen-bond acceptors (Lipinski definition) is 6. The van der Waals surface area contributed by atoms with Crippen LogP contribution in [0, 0.1) is 0 Å². The molecule has 0 radical (unpaired) electrons. The van der Waals surface area contributed by atoms with Gasteiger partial charge in [0.05, 0.1) is 17.6 Å². The van der Waals surface area contributed by atoms with E-state index in [-0.39, 0.29) is 23.4 Å². The second-order valence-electron chi connectivity index (χ2n) is 5.50. The van der Waals surface area contributed by atoms with Crippen molar-refractivity contribution in [2.75, 3.05) is 20.3 Å². The summed E-state index contributed by atoms with van der Waals surface area (Å²) in [6.45, 7) is 2.69. The van der Waals surface area contributed by atoms with Crippen LogP contribution in [0.3, 0.4) is 0 Å². The van der Waals surface area contributed by atoms with Crippen LogP contribution in [-0.2, 0) is 22.5 Å². The van der Waals surface area contributed by atoms with Crippen molar-refractivity contribution in [2.24, 2.45) is 0 Å². The third kappa shape index (κ3) is 4.43. The highest BCUT2D eigenvalue weighted by Crippen LogP contribution is 2.21. The van der Waals surface area contributed by atoms with Gasteiger partial charge in [0.1, 0.15) is 17.2 Å². The molecular formula is C16H21N3O5S. The Labute approximate surface area is 148 Å². The van der Waals surface area contributed by atoms with Crippen LogP contribution in [-0.4, -0.2) is 46.8 Å². The number of aromatic carboxylic acids is 1. The van der Waals surface area contributed by atoms with E-state index in [2.05, 4.69) is 10.3 Å². The molecule has 9 heteroatoms. The molecule has 0 saturated carbocycles. The number of carboxylic acid groups (broad SMARTS) is 1. The fourth-order valence-electron chi connectivity index (χ4n) is 2.38. The molecule has 0 bridgehead atoms. The highest BCUT2D eigenvalue weighted by molar-refractivity contribution is 7.17. The average molecular weight is 367 g/mol. The molecule has 2 aromatic rings. The minimum absolute atomic E-state index is 0.0417. The van der Waals surface area contributed by atoms with Crippen molar-refractivity contribution in [2.45, 2.75) is 32.7 Å². The van der Waals surface area contributed by atoms with Gasteiger partial charge in [0, 0.05) is 25.5 Å². The van der Waals surface area contributed by atoms with E-state index < -0.39 is 11.5 Å². The Bertz CT molecular complexity index is 827. The van der Waals surface area contributed by atoms with Crippen LogP contribution in [0.1, 0.15) is 35.9 Å². The number of carbonyl (C=O) groups excluding carboxylic acids is 1. The number of carboxylic acids is 1. The number of nitrogens with zero attached hydrogens (tertiary/aromatic N) is 2. The van der Waals surface area contributed by atoms with Gasteiger partial charge >= 0.3 is 5.97 Å². The van der Waals surface area contributed by atoms with E-state index in [9.17, 15) is 19.5 Å². The van der Waals surface area contributed by atoms with Crippen LogP contribution >= 0.6 is 11.3 Å². The number of hydrogen-bond donors (Lipinski definition) is 2. The first-order valence-corrected chi connectivity index (χ1v) is 8.87. The third-order valence-corrected chi connectivity index (χ3v) is 4.56. The topological polar surface area (TPSA) is 111 Å². The summed E-state index contributed by atoms with van der Waals surface area (Å²) in [6, 6.07) is 0. The zero-order valence-electron chi connectivity index (χ0n) is 14.2. The van der Waals surface area contributed by atoms with Crippen molar-refractivity contribution >= 4 is 33.4 Å². The Kier molecular flexibility index (Phi) is 6.65. The average Bonchev–Trinajstić information content (AvgIpc) is 3.00. The molecule has 0 saturated heterocycles. The number of amides is 1. The number of aromatic nitrogens is 2. The molecule has 2 rings (SSSR count). The maximum Gasteiger partial charge on any atom is 0.337 e. The normalized spacial score (nSPS) is 11.0. The maximum absolute atomic E-state index is 12.8. The number of ether oxygens (including phenoxy) is 1. The zero-order chi connectivity index (χ0) is 18.4. The molecule has 0 aliphatic heterocycles. The van der Waals surface area contributed by atoms with E-state index in [1.54, 1.807) is 0 Å². The van der Waals surface area contributed by atoms with Crippen LogP contribution in [0.2, 0.25) is 0 Å². The van der Waals surface area contributed by atoms with Crippen molar-refractivity contribution in [1.29, 1.82) is 0 Å². The smallest absolute Gasteiger partial charge is 0.337 e. The van der Waals surface area contributed by atoms with Gasteiger partial charge in [0.25, 0.3) is 5.56 Å². The second-order valence-corrected chi connectivity index (χ2v) is 6.36. The van der Waals surface area contributed by atoms with Crippen LogP contribution in [0.4, 0.5) is 0 Å². The van der Waals surface area contributed by atoms with Crippen molar-refractivity contribution in [3.05, 3.63) is 27.1 Å². The first-order valence-electron chi connectivity index (χ1n) is 7.99. The SMILES string of the molecule is CCCCNC(=O)Cn1c(CCOC)nc2scc(C(=O)O)c2c1=O. The Hall–Kier alpha value is -2.26. The standard InChI is InChI=1S/C16H21N3O5S/c1-3-4-6-17-12(20)8-19-11(5-7-24-2)18-14-13(15(19)21)10(9-25-14)16(22)23/h9H,3-8H2,1-2H3,(H,17,20)(H,22,23). The van der Waals surface area contributed by atoms with E-state index in [1.165, 1.54) is 17.1 Å². The lowest BCUT2D eigenvalue weighted by molar-refractivity contribution is -0.121. The van der Waals surface area contributed by atoms with Gasteiger partial charge in [-0.1, -0.05) is 13.3 Å². The fourth-order valence-corrected chi connectivity index (χ4v) is 3.30. The first-order chi connectivity index (χ1) is 12.0. The van der Waals surface area contributed by atoms with E-state index in [0.29, 0.717) is 30.2 Å². The Morgan fingerprint density at radius 3 is 2.84 bits per heavy atom. The summed E-state index contributed by atoms with van der Waals surface area (Å²) < 4.78 is 6.27. The van der Waals surface area contributed by atoms with Gasteiger partial charge < -0.3 is 15.2 Å². The highest BCUT2D eigenvalue weighted by Gasteiger charge is 2.20.